The second kappa shape index (κ2) is 6.99. The van der Waals surface area contributed by atoms with Crippen molar-refractivity contribution in [2.45, 2.75) is 5.92 Å². The van der Waals surface area contributed by atoms with Crippen molar-refractivity contribution in [1.29, 1.82) is 0 Å². The van der Waals surface area contributed by atoms with Crippen LogP contribution in [0.5, 0.6) is 11.5 Å². The van der Waals surface area contributed by atoms with E-state index in [4.69, 9.17) is 0 Å². The Bertz CT molecular complexity index is 1260. The molecule has 0 atom stereocenters. The van der Waals surface area contributed by atoms with Crippen LogP contribution in [0.2, 0.25) is 0 Å². The lowest BCUT2D eigenvalue weighted by molar-refractivity contribution is 0.475. The van der Waals surface area contributed by atoms with Crippen LogP contribution in [0.25, 0.3) is 21.5 Å². The maximum atomic E-state index is 9.77. The van der Waals surface area contributed by atoms with Gasteiger partial charge in [-0.25, -0.2) is 0 Å². The number of fused-ring (bicyclic) bond motifs is 3. The van der Waals surface area contributed by atoms with Gasteiger partial charge in [0, 0.05) is 5.92 Å². The van der Waals surface area contributed by atoms with E-state index < -0.39 is 0 Å². The van der Waals surface area contributed by atoms with Crippen molar-refractivity contribution < 1.29 is 10.2 Å². The summed E-state index contributed by atoms with van der Waals surface area (Å²) in [5, 5.41) is 24.4. The molecule has 2 N–H and O–H groups in total. The van der Waals surface area contributed by atoms with E-state index in [0.29, 0.717) is 0 Å². The van der Waals surface area contributed by atoms with E-state index in [1.54, 1.807) is 24.3 Å². The highest BCUT2D eigenvalue weighted by Crippen LogP contribution is 2.38. The Morgan fingerprint density at radius 2 is 1.03 bits per heavy atom. The lowest BCUT2D eigenvalue weighted by Gasteiger charge is -2.21. The van der Waals surface area contributed by atoms with E-state index in [0.717, 1.165) is 11.1 Å². The number of phenolic OH excluding ortho intramolecular Hbond substituents is 2. The Morgan fingerprint density at radius 1 is 0.448 bits per heavy atom. The summed E-state index contributed by atoms with van der Waals surface area (Å²) < 4.78 is 0. The third-order valence-corrected chi connectivity index (χ3v) is 5.58. The van der Waals surface area contributed by atoms with Gasteiger partial charge in [-0.15, -0.1) is 0 Å². The van der Waals surface area contributed by atoms with Crippen molar-refractivity contribution in [3.63, 3.8) is 0 Å². The van der Waals surface area contributed by atoms with Gasteiger partial charge < -0.3 is 10.2 Å². The maximum absolute atomic E-state index is 9.77. The number of rotatable bonds is 3. The molecule has 29 heavy (non-hydrogen) atoms. The molecule has 0 aliphatic carbocycles. The minimum atomic E-state index is -0.0129. The number of hydrogen-bond donors (Lipinski definition) is 2. The van der Waals surface area contributed by atoms with Crippen LogP contribution in [0.15, 0.2) is 103 Å². The monoisotopic (exact) mass is 376 g/mol. The van der Waals surface area contributed by atoms with E-state index in [-0.39, 0.29) is 17.4 Å². The van der Waals surface area contributed by atoms with Gasteiger partial charge in [-0.05, 0) is 62.5 Å². The van der Waals surface area contributed by atoms with Crippen molar-refractivity contribution in [1.82, 2.24) is 0 Å². The number of aromatic hydroxyl groups is 2. The molecule has 0 spiro atoms. The molecule has 0 heterocycles. The van der Waals surface area contributed by atoms with Crippen molar-refractivity contribution in [2.24, 2.45) is 0 Å². The molecule has 0 aliphatic rings. The number of phenols is 2. The summed E-state index contributed by atoms with van der Waals surface area (Å²) in [5.74, 6) is 0.491. The molecule has 0 saturated heterocycles. The smallest absolute Gasteiger partial charge is 0.115 e. The zero-order chi connectivity index (χ0) is 19.8. The van der Waals surface area contributed by atoms with Crippen LogP contribution < -0.4 is 0 Å². The van der Waals surface area contributed by atoms with Gasteiger partial charge in [0.1, 0.15) is 11.5 Å². The van der Waals surface area contributed by atoms with Crippen LogP contribution in [0.3, 0.4) is 0 Å². The fourth-order valence-electron chi connectivity index (χ4n) is 4.20. The molecule has 2 nitrogen and oxygen atoms in total. The first-order valence-corrected chi connectivity index (χ1v) is 9.69. The van der Waals surface area contributed by atoms with Crippen LogP contribution in [0.1, 0.15) is 22.6 Å². The zero-order valence-corrected chi connectivity index (χ0v) is 15.8. The summed E-state index contributed by atoms with van der Waals surface area (Å²) in [6.45, 7) is 0. The molecule has 140 valence electrons. The largest absolute Gasteiger partial charge is 0.508 e. The van der Waals surface area contributed by atoms with Gasteiger partial charge in [-0.1, -0.05) is 78.9 Å². The average molecular weight is 376 g/mol. The topological polar surface area (TPSA) is 40.5 Å². The maximum Gasteiger partial charge on any atom is 0.115 e. The lowest BCUT2D eigenvalue weighted by atomic mass is 9.82. The number of benzene rings is 5. The summed E-state index contributed by atoms with van der Waals surface area (Å²) in [6, 6.07) is 34.0. The van der Waals surface area contributed by atoms with E-state index in [1.165, 1.54) is 27.1 Å². The van der Waals surface area contributed by atoms with E-state index in [1.807, 2.05) is 24.3 Å². The van der Waals surface area contributed by atoms with E-state index in [2.05, 4.69) is 54.6 Å². The van der Waals surface area contributed by atoms with Crippen molar-refractivity contribution in [3.8, 4) is 11.5 Å². The molecule has 5 rings (SSSR count). The van der Waals surface area contributed by atoms with Crippen LogP contribution in [0.4, 0.5) is 0 Å². The predicted molar refractivity (Wildman–Crippen MR) is 119 cm³/mol. The van der Waals surface area contributed by atoms with Crippen molar-refractivity contribution in [3.05, 3.63) is 120 Å². The molecule has 0 aliphatic heterocycles. The Kier molecular flexibility index (Phi) is 4.18. The molecule has 0 aromatic heterocycles. The van der Waals surface area contributed by atoms with Gasteiger partial charge >= 0.3 is 0 Å². The summed E-state index contributed by atoms with van der Waals surface area (Å²) in [5.41, 5.74) is 3.38. The molecular weight excluding hydrogens is 356 g/mol. The second-order valence-electron chi connectivity index (χ2n) is 7.35. The van der Waals surface area contributed by atoms with E-state index in [9.17, 15) is 10.2 Å². The summed E-state index contributed by atoms with van der Waals surface area (Å²) in [4.78, 5) is 0. The highest BCUT2D eigenvalue weighted by atomic mass is 16.3. The molecular formula is C27H20O2. The van der Waals surface area contributed by atoms with Gasteiger partial charge in [0.25, 0.3) is 0 Å². The van der Waals surface area contributed by atoms with Crippen LogP contribution in [0, 0.1) is 0 Å². The average Bonchev–Trinajstić information content (AvgIpc) is 2.76. The van der Waals surface area contributed by atoms with Crippen molar-refractivity contribution in [2.75, 3.05) is 0 Å². The van der Waals surface area contributed by atoms with Gasteiger partial charge in [0.05, 0.1) is 0 Å². The molecule has 0 amide bonds. The fourth-order valence-corrected chi connectivity index (χ4v) is 4.20. The highest BCUT2D eigenvalue weighted by Gasteiger charge is 2.19. The number of hydrogen-bond acceptors (Lipinski definition) is 2. The quantitative estimate of drug-likeness (QED) is 0.276. The Morgan fingerprint density at radius 3 is 1.69 bits per heavy atom. The summed E-state index contributed by atoms with van der Waals surface area (Å²) in [6.07, 6.45) is 0. The minimum Gasteiger partial charge on any atom is -0.508 e. The highest BCUT2D eigenvalue weighted by molar-refractivity contribution is 6.08. The van der Waals surface area contributed by atoms with Gasteiger partial charge in [-0.3, -0.25) is 0 Å². The van der Waals surface area contributed by atoms with E-state index >= 15 is 0 Å². The molecule has 0 bridgehead atoms. The molecule has 0 fully saturated rings. The first-order valence-electron chi connectivity index (χ1n) is 9.69. The zero-order valence-electron chi connectivity index (χ0n) is 15.8. The Hall–Kier alpha value is -3.78. The third-order valence-electron chi connectivity index (χ3n) is 5.58. The van der Waals surface area contributed by atoms with Gasteiger partial charge in [0.15, 0.2) is 0 Å². The lowest BCUT2D eigenvalue weighted by Crippen LogP contribution is -2.04. The second-order valence-corrected chi connectivity index (χ2v) is 7.35. The predicted octanol–water partition coefficient (Wildman–Crippen LogP) is 6.58. The normalized spacial score (nSPS) is 11.3. The minimum absolute atomic E-state index is 0.0129. The third kappa shape index (κ3) is 3.09. The molecule has 2 heteroatoms. The van der Waals surface area contributed by atoms with Crippen molar-refractivity contribution >= 4 is 21.5 Å². The SMILES string of the molecule is Oc1ccc(C(c2ccc(O)cc2)c2cccc3c2ccc2ccccc23)cc1. The molecule has 0 saturated carbocycles. The van der Waals surface area contributed by atoms with Crippen LogP contribution >= 0.6 is 0 Å². The molecule has 5 aromatic rings. The fraction of sp³-hybridized carbons (Fsp3) is 0.0370. The summed E-state index contributed by atoms with van der Waals surface area (Å²) in [7, 11) is 0. The van der Waals surface area contributed by atoms with Crippen LogP contribution in [-0.4, -0.2) is 10.2 Å². The first-order chi connectivity index (χ1) is 14.2. The van der Waals surface area contributed by atoms with Gasteiger partial charge in [0.2, 0.25) is 0 Å². The molecule has 0 unspecified atom stereocenters. The molecule has 5 aromatic carbocycles. The molecule has 0 radical (unpaired) electrons. The van der Waals surface area contributed by atoms with Gasteiger partial charge in [-0.2, -0.15) is 0 Å². The standard InChI is InChI=1S/C27H20O2/c28-21-13-8-19(9-14-21)27(20-10-15-22(29)16-11-20)26-7-3-6-24-23-5-2-1-4-18(23)12-17-25(24)26/h1-17,27-29H. The Labute approximate surface area is 169 Å². The van der Waals surface area contributed by atoms with Crippen LogP contribution in [-0.2, 0) is 0 Å². The summed E-state index contributed by atoms with van der Waals surface area (Å²) >= 11 is 0. The first kappa shape index (κ1) is 17.3. The Balaban J connectivity index is 1.80.